The molecule has 6 nitrogen and oxygen atoms in total. The zero-order valence-electron chi connectivity index (χ0n) is 12.8. The van der Waals surface area contributed by atoms with Crippen molar-refractivity contribution in [1.29, 1.82) is 0 Å². The number of hydrogen-bond acceptors (Lipinski definition) is 5. The lowest BCUT2D eigenvalue weighted by molar-refractivity contribution is 0.0401. The molecule has 1 fully saturated rings. The van der Waals surface area contributed by atoms with Crippen LogP contribution in [0.1, 0.15) is 12.8 Å². The molecule has 2 unspecified atom stereocenters. The van der Waals surface area contributed by atoms with Gasteiger partial charge in [0.2, 0.25) is 10.0 Å². The number of methoxy groups -OCH3 is 2. The molecular formula is C14H23ClN2O4S. The summed E-state index contributed by atoms with van der Waals surface area (Å²) in [5, 5.41) is 0. The smallest absolute Gasteiger partial charge is 0.243 e. The van der Waals surface area contributed by atoms with E-state index in [1.165, 1.54) is 4.31 Å². The number of nitrogens with zero attached hydrogens (tertiary/aromatic N) is 1. The quantitative estimate of drug-likeness (QED) is 0.864. The molecule has 1 aliphatic rings. The van der Waals surface area contributed by atoms with Gasteiger partial charge >= 0.3 is 0 Å². The van der Waals surface area contributed by atoms with Crippen LogP contribution in [-0.2, 0) is 14.8 Å². The van der Waals surface area contributed by atoms with Gasteiger partial charge in [-0.2, -0.15) is 4.31 Å². The number of piperidine rings is 1. The first kappa shape index (κ1) is 19.2. The highest BCUT2D eigenvalue weighted by molar-refractivity contribution is 7.89. The normalized spacial score (nSPS) is 22.9. The van der Waals surface area contributed by atoms with Crippen LogP contribution in [0.25, 0.3) is 0 Å². The summed E-state index contributed by atoms with van der Waals surface area (Å²) in [5.41, 5.74) is 5.75. The Morgan fingerprint density at radius 2 is 1.91 bits per heavy atom. The highest BCUT2D eigenvalue weighted by Crippen LogP contribution is 2.27. The maximum atomic E-state index is 12.7. The average Bonchev–Trinajstić information content (AvgIpc) is 2.54. The Balaban J connectivity index is 0.00000242. The van der Waals surface area contributed by atoms with E-state index in [2.05, 4.69) is 0 Å². The zero-order valence-corrected chi connectivity index (χ0v) is 14.4. The van der Waals surface area contributed by atoms with E-state index in [1.807, 2.05) is 0 Å². The third-order valence-corrected chi connectivity index (χ3v) is 5.85. The molecule has 2 rings (SSSR count). The summed E-state index contributed by atoms with van der Waals surface area (Å²) >= 11 is 0. The van der Waals surface area contributed by atoms with Gasteiger partial charge in [0.1, 0.15) is 5.75 Å². The minimum Gasteiger partial charge on any atom is -0.497 e. The van der Waals surface area contributed by atoms with Gasteiger partial charge in [-0.1, -0.05) is 0 Å². The van der Waals surface area contributed by atoms with Crippen molar-refractivity contribution in [3.05, 3.63) is 24.3 Å². The molecule has 0 aromatic heterocycles. The maximum Gasteiger partial charge on any atom is 0.243 e. The van der Waals surface area contributed by atoms with E-state index >= 15 is 0 Å². The average molecular weight is 351 g/mol. The van der Waals surface area contributed by atoms with E-state index in [1.54, 1.807) is 38.5 Å². The lowest BCUT2D eigenvalue weighted by Gasteiger charge is -2.37. The molecule has 22 heavy (non-hydrogen) atoms. The van der Waals surface area contributed by atoms with E-state index in [9.17, 15) is 8.42 Å². The molecule has 2 N–H and O–H groups in total. The van der Waals surface area contributed by atoms with Crippen LogP contribution in [0.4, 0.5) is 0 Å². The SMILES string of the molecule is COc1ccc(S(=O)(=O)N2CCC(OC)CC2CN)cc1.Cl. The predicted octanol–water partition coefficient (Wildman–Crippen LogP) is 1.24. The van der Waals surface area contributed by atoms with E-state index in [-0.39, 0.29) is 36.0 Å². The Kier molecular flexibility index (Phi) is 7.08. The number of benzene rings is 1. The number of ether oxygens (including phenoxy) is 2. The lowest BCUT2D eigenvalue weighted by Crippen LogP contribution is -2.51. The van der Waals surface area contributed by atoms with Crippen LogP contribution in [0.2, 0.25) is 0 Å². The molecule has 1 saturated heterocycles. The molecule has 1 aromatic rings. The molecule has 2 atom stereocenters. The molecule has 0 saturated carbocycles. The zero-order chi connectivity index (χ0) is 15.5. The number of nitrogens with two attached hydrogens (primary N) is 1. The topological polar surface area (TPSA) is 81.9 Å². The van der Waals surface area contributed by atoms with Crippen LogP contribution < -0.4 is 10.5 Å². The van der Waals surface area contributed by atoms with Crippen molar-refractivity contribution in [3.8, 4) is 5.75 Å². The molecule has 0 spiro atoms. The van der Waals surface area contributed by atoms with Gasteiger partial charge in [0.25, 0.3) is 0 Å². The Morgan fingerprint density at radius 1 is 1.27 bits per heavy atom. The van der Waals surface area contributed by atoms with Crippen LogP contribution in [-0.4, -0.2) is 52.2 Å². The minimum absolute atomic E-state index is 0. The van der Waals surface area contributed by atoms with Crippen molar-refractivity contribution in [3.63, 3.8) is 0 Å². The lowest BCUT2D eigenvalue weighted by atomic mass is 10.0. The number of rotatable bonds is 5. The summed E-state index contributed by atoms with van der Waals surface area (Å²) in [6.45, 7) is 0.712. The highest BCUT2D eigenvalue weighted by Gasteiger charge is 2.36. The van der Waals surface area contributed by atoms with E-state index in [4.69, 9.17) is 15.2 Å². The molecular weight excluding hydrogens is 328 g/mol. The number of halogens is 1. The van der Waals surface area contributed by atoms with Gasteiger partial charge in [0.05, 0.1) is 18.1 Å². The Bertz CT molecular complexity index is 565. The predicted molar refractivity (Wildman–Crippen MR) is 87.0 cm³/mol. The fourth-order valence-electron chi connectivity index (χ4n) is 2.62. The van der Waals surface area contributed by atoms with Crippen LogP contribution in [0.3, 0.4) is 0 Å². The van der Waals surface area contributed by atoms with Crippen LogP contribution in [0.5, 0.6) is 5.75 Å². The Labute approximate surface area is 138 Å². The molecule has 126 valence electrons. The van der Waals surface area contributed by atoms with Crippen LogP contribution in [0.15, 0.2) is 29.2 Å². The summed E-state index contributed by atoms with van der Waals surface area (Å²) in [6.07, 6.45) is 1.38. The maximum absolute atomic E-state index is 12.7. The van der Waals surface area contributed by atoms with Crippen molar-refractivity contribution in [2.45, 2.75) is 29.9 Å². The molecule has 8 heteroatoms. The van der Waals surface area contributed by atoms with Crippen LogP contribution in [0, 0.1) is 0 Å². The molecule has 1 heterocycles. The first-order valence-electron chi connectivity index (χ1n) is 6.91. The van der Waals surface area contributed by atoms with E-state index in [0.29, 0.717) is 25.1 Å². The van der Waals surface area contributed by atoms with Gasteiger partial charge in [-0.15, -0.1) is 12.4 Å². The van der Waals surface area contributed by atoms with Gasteiger partial charge in [-0.3, -0.25) is 0 Å². The highest BCUT2D eigenvalue weighted by atomic mass is 35.5. The van der Waals surface area contributed by atoms with Crippen molar-refractivity contribution in [2.75, 3.05) is 27.3 Å². The standard InChI is InChI=1S/C14H22N2O4S.ClH/c1-19-12-3-5-14(6-4-12)21(17,18)16-8-7-13(20-2)9-11(16)10-15;/h3-6,11,13H,7-10,15H2,1-2H3;1H. The molecule has 0 radical (unpaired) electrons. The third-order valence-electron chi connectivity index (χ3n) is 3.89. The number of sulfonamides is 1. The van der Waals surface area contributed by atoms with Crippen LogP contribution >= 0.6 is 12.4 Å². The van der Waals surface area contributed by atoms with E-state index < -0.39 is 10.0 Å². The van der Waals surface area contributed by atoms with E-state index in [0.717, 1.165) is 0 Å². The van der Waals surface area contributed by atoms with Crippen molar-refractivity contribution in [2.24, 2.45) is 5.73 Å². The third kappa shape index (κ3) is 3.91. The monoisotopic (exact) mass is 350 g/mol. The minimum atomic E-state index is -3.54. The second-order valence-corrected chi connectivity index (χ2v) is 6.95. The largest absolute Gasteiger partial charge is 0.497 e. The summed E-state index contributed by atoms with van der Waals surface area (Å²) in [7, 11) is -0.348. The second kappa shape index (κ2) is 8.12. The van der Waals surface area contributed by atoms with Gasteiger partial charge in [-0.25, -0.2) is 8.42 Å². The second-order valence-electron chi connectivity index (χ2n) is 5.06. The van der Waals surface area contributed by atoms with Gasteiger partial charge in [-0.05, 0) is 37.1 Å². The Hall–Kier alpha value is -0.860. The summed E-state index contributed by atoms with van der Waals surface area (Å²) < 4.78 is 37.4. The first-order valence-corrected chi connectivity index (χ1v) is 8.35. The van der Waals surface area contributed by atoms with Crippen molar-refractivity contribution in [1.82, 2.24) is 4.31 Å². The van der Waals surface area contributed by atoms with Crippen molar-refractivity contribution < 1.29 is 17.9 Å². The number of hydrogen-bond donors (Lipinski definition) is 1. The van der Waals surface area contributed by atoms with Gasteiger partial charge in [0.15, 0.2) is 0 Å². The first-order chi connectivity index (χ1) is 10.0. The van der Waals surface area contributed by atoms with Gasteiger partial charge in [0, 0.05) is 26.2 Å². The summed E-state index contributed by atoms with van der Waals surface area (Å²) in [6, 6.07) is 6.18. The van der Waals surface area contributed by atoms with Gasteiger partial charge < -0.3 is 15.2 Å². The fraction of sp³-hybridized carbons (Fsp3) is 0.571. The summed E-state index contributed by atoms with van der Waals surface area (Å²) in [4.78, 5) is 0.262. The molecule has 1 aromatic carbocycles. The molecule has 0 amide bonds. The fourth-order valence-corrected chi connectivity index (χ4v) is 4.28. The molecule has 1 aliphatic heterocycles. The molecule has 0 aliphatic carbocycles. The summed E-state index contributed by atoms with van der Waals surface area (Å²) in [5.74, 6) is 0.627. The Morgan fingerprint density at radius 3 is 2.41 bits per heavy atom. The van der Waals surface area contributed by atoms with Crippen molar-refractivity contribution >= 4 is 22.4 Å². The molecule has 0 bridgehead atoms.